The molecule has 4 nitrogen and oxygen atoms in total. The molecule has 0 radical (unpaired) electrons. The monoisotopic (exact) mass is 306 g/mol. The van der Waals surface area contributed by atoms with Gasteiger partial charge in [-0.15, -0.1) is 11.8 Å². The van der Waals surface area contributed by atoms with Crippen LogP contribution in [0.3, 0.4) is 0 Å². The molecule has 0 saturated carbocycles. The molecule has 0 heterocycles. The number of nitrogens with two attached hydrogens (primary N) is 1. The highest BCUT2D eigenvalue weighted by Crippen LogP contribution is 2.18. The molecule has 0 fully saturated rings. The molecule has 0 spiro atoms. The molecule has 0 unspecified atom stereocenters. The number of nitrogen functional groups attached to an aromatic ring is 1. The number of thioether (sulfide) groups is 1. The van der Waals surface area contributed by atoms with Crippen molar-refractivity contribution in [3.8, 4) is 5.75 Å². The van der Waals surface area contributed by atoms with Crippen molar-refractivity contribution >= 4 is 17.7 Å². The number of nitrogens with one attached hydrogen (secondary N) is 1. The number of carbonyl (C=O) groups is 1. The summed E-state index contributed by atoms with van der Waals surface area (Å²) < 4.78 is 18.3. The van der Waals surface area contributed by atoms with Gasteiger partial charge in [-0.2, -0.15) is 0 Å². The topological polar surface area (TPSA) is 64.3 Å². The van der Waals surface area contributed by atoms with Crippen molar-refractivity contribution in [1.29, 1.82) is 0 Å². The minimum absolute atomic E-state index is 0.239. The lowest BCUT2D eigenvalue weighted by Crippen LogP contribution is -2.29. The van der Waals surface area contributed by atoms with Crippen LogP contribution in [-0.4, -0.2) is 18.3 Å². The van der Waals surface area contributed by atoms with E-state index in [-0.39, 0.29) is 11.7 Å². The van der Waals surface area contributed by atoms with Crippen molar-refractivity contribution in [2.75, 3.05) is 12.4 Å². The Morgan fingerprint density at radius 3 is 2.43 bits per heavy atom. The Morgan fingerprint density at radius 2 is 1.81 bits per heavy atom. The van der Waals surface area contributed by atoms with Crippen LogP contribution in [0.2, 0.25) is 0 Å². The van der Waals surface area contributed by atoms with Crippen LogP contribution in [0.15, 0.2) is 53.4 Å². The molecule has 2 rings (SSSR count). The number of benzene rings is 2. The van der Waals surface area contributed by atoms with Crippen LogP contribution in [0.5, 0.6) is 5.75 Å². The number of amides is 1. The first-order chi connectivity index (χ1) is 10.2. The number of hydrogen-bond donors (Lipinski definition) is 2. The summed E-state index contributed by atoms with van der Waals surface area (Å²) >= 11 is 1.59. The second-order valence-corrected chi connectivity index (χ2v) is 5.32. The van der Waals surface area contributed by atoms with Crippen LogP contribution in [-0.2, 0) is 0 Å². The van der Waals surface area contributed by atoms with Crippen LogP contribution < -0.4 is 16.0 Å². The largest absolute Gasteiger partial charge is 0.493 e. The van der Waals surface area contributed by atoms with E-state index in [4.69, 9.17) is 10.6 Å². The van der Waals surface area contributed by atoms with Crippen molar-refractivity contribution in [3.05, 3.63) is 59.9 Å². The molecule has 0 aromatic heterocycles. The van der Waals surface area contributed by atoms with Gasteiger partial charge in [-0.05, 0) is 48.5 Å². The number of ether oxygens (including phenoxy) is 1. The molecule has 3 N–H and O–H groups in total. The second kappa shape index (κ2) is 7.66. The molecule has 21 heavy (non-hydrogen) atoms. The maximum Gasteiger partial charge on any atom is 0.265 e. The van der Waals surface area contributed by atoms with Gasteiger partial charge in [-0.3, -0.25) is 10.2 Å². The summed E-state index contributed by atoms with van der Waals surface area (Å²) in [6, 6.07) is 13.1. The van der Waals surface area contributed by atoms with Gasteiger partial charge in [0.25, 0.3) is 5.91 Å². The highest BCUT2D eigenvalue weighted by atomic mass is 32.2. The van der Waals surface area contributed by atoms with Gasteiger partial charge in [-0.1, -0.05) is 0 Å². The molecule has 0 aliphatic heterocycles. The molecule has 6 heteroatoms. The van der Waals surface area contributed by atoms with Gasteiger partial charge in [-0.25, -0.2) is 10.2 Å². The standard InChI is InChI=1S/C15H15FN2O2S/c16-12-3-7-14(8-4-12)21-10-9-20-13-5-1-11(2-6-13)15(19)18-17/h1-8H,9-10,17H2,(H,18,19). The number of hydrogen-bond acceptors (Lipinski definition) is 4. The molecule has 0 atom stereocenters. The molecule has 0 bridgehead atoms. The van der Waals surface area contributed by atoms with E-state index in [1.165, 1.54) is 12.1 Å². The smallest absolute Gasteiger partial charge is 0.265 e. The van der Waals surface area contributed by atoms with Gasteiger partial charge in [0.1, 0.15) is 11.6 Å². The zero-order chi connectivity index (χ0) is 15.1. The van der Waals surface area contributed by atoms with E-state index in [1.54, 1.807) is 48.2 Å². The predicted octanol–water partition coefficient (Wildman–Crippen LogP) is 2.60. The van der Waals surface area contributed by atoms with Crippen LogP contribution in [0.25, 0.3) is 0 Å². The van der Waals surface area contributed by atoms with Gasteiger partial charge < -0.3 is 4.74 Å². The molecular formula is C15H15FN2O2S. The van der Waals surface area contributed by atoms with Crippen molar-refractivity contribution < 1.29 is 13.9 Å². The Bertz CT molecular complexity index is 588. The van der Waals surface area contributed by atoms with E-state index in [1.807, 2.05) is 0 Å². The van der Waals surface area contributed by atoms with Gasteiger partial charge >= 0.3 is 0 Å². The summed E-state index contributed by atoms with van der Waals surface area (Å²) in [6.07, 6.45) is 0. The zero-order valence-corrected chi connectivity index (χ0v) is 12.0. The minimum atomic E-state index is -0.339. The zero-order valence-electron chi connectivity index (χ0n) is 11.2. The lowest BCUT2D eigenvalue weighted by molar-refractivity contribution is 0.0953. The molecule has 0 aliphatic rings. The summed E-state index contributed by atoms with van der Waals surface area (Å²) in [4.78, 5) is 12.3. The van der Waals surface area contributed by atoms with Crippen LogP contribution >= 0.6 is 11.8 Å². The highest BCUT2D eigenvalue weighted by Gasteiger charge is 2.03. The third kappa shape index (κ3) is 4.77. The van der Waals surface area contributed by atoms with E-state index in [2.05, 4.69) is 5.43 Å². The maximum absolute atomic E-state index is 12.7. The Morgan fingerprint density at radius 1 is 1.14 bits per heavy atom. The third-order valence-electron chi connectivity index (χ3n) is 2.68. The van der Waals surface area contributed by atoms with Crippen molar-refractivity contribution in [2.24, 2.45) is 5.84 Å². The van der Waals surface area contributed by atoms with E-state index < -0.39 is 0 Å². The molecule has 110 valence electrons. The number of halogens is 1. The van der Waals surface area contributed by atoms with Crippen LogP contribution in [0, 0.1) is 5.82 Å². The predicted molar refractivity (Wildman–Crippen MR) is 80.7 cm³/mol. The van der Waals surface area contributed by atoms with Gasteiger partial charge in [0.2, 0.25) is 0 Å². The van der Waals surface area contributed by atoms with Crippen molar-refractivity contribution in [1.82, 2.24) is 5.43 Å². The van der Waals surface area contributed by atoms with Crippen molar-refractivity contribution in [2.45, 2.75) is 4.90 Å². The summed E-state index contributed by atoms with van der Waals surface area (Å²) in [5.41, 5.74) is 2.54. The number of hydrazine groups is 1. The average molecular weight is 306 g/mol. The summed E-state index contributed by atoms with van der Waals surface area (Å²) in [5.74, 6) is 5.90. The summed E-state index contributed by atoms with van der Waals surface area (Å²) in [5, 5.41) is 0. The first-order valence-electron chi connectivity index (χ1n) is 6.31. The Labute approximate surface area is 126 Å². The summed E-state index contributed by atoms with van der Waals surface area (Å²) in [7, 11) is 0. The molecule has 2 aromatic carbocycles. The number of rotatable bonds is 6. The SMILES string of the molecule is NNC(=O)c1ccc(OCCSc2ccc(F)cc2)cc1. The van der Waals surface area contributed by atoms with E-state index in [9.17, 15) is 9.18 Å². The third-order valence-corrected chi connectivity index (χ3v) is 3.66. The average Bonchev–Trinajstić information content (AvgIpc) is 2.53. The Kier molecular flexibility index (Phi) is 5.59. The molecule has 0 saturated heterocycles. The lowest BCUT2D eigenvalue weighted by Gasteiger charge is -2.07. The molecule has 2 aromatic rings. The minimum Gasteiger partial charge on any atom is -0.493 e. The maximum atomic E-state index is 12.7. The van der Waals surface area contributed by atoms with E-state index in [0.717, 1.165) is 10.6 Å². The Hall–Kier alpha value is -2.05. The lowest BCUT2D eigenvalue weighted by atomic mass is 10.2. The second-order valence-electron chi connectivity index (χ2n) is 4.15. The molecule has 1 amide bonds. The van der Waals surface area contributed by atoms with Crippen LogP contribution in [0.4, 0.5) is 4.39 Å². The Balaban J connectivity index is 1.75. The summed E-state index contributed by atoms with van der Waals surface area (Å²) in [6.45, 7) is 0.518. The fraction of sp³-hybridized carbons (Fsp3) is 0.133. The number of carbonyl (C=O) groups excluding carboxylic acids is 1. The highest BCUT2D eigenvalue weighted by molar-refractivity contribution is 7.99. The van der Waals surface area contributed by atoms with Gasteiger partial charge in [0.15, 0.2) is 0 Å². The first kappa shape index (κ1) is 15.3. The van der Waals surface area contributed by atoms with Crippen LogP contribution in [0.1, 0.15) is 10.4 Å². The van der Waals surface area contributed by atoms with Gasteiger partial charge in [0.05, 0.1) is 6.61 Å². The quantitative estimate of drug-likeness (QED) is 0.283. The molecule has 0 aliphatic carbocycles. The molecular weight excluding hydrogens is 291 g/mol. The van der Waals surface area contributed by atoms with E-state index >= 15 is 0 Å². The fourth-order valence-electron chi connectivity index (χ4n) is 1.64. The first-order valence-corrected chi connectivity index (χ1v) is 7.30. The normalized spacial score (nSPS) is 10.2. The fourth-order valence-corrected chi connectivity index (χ4v) is 2.37. The van der Waals surface area contributed by atoms with E-state index in [0.29, 0.717) is 17.9 Å². The van der Waals surface area contributed by atoms with Crippen molar-refractivity contribution in [3.63, 3.8) is 0 Å². The van der Waals surface area contributed by atoms with Gasteiger partial charge in [0, 0.05) is 16.2 Å².